The van der Waals surface area contributed by atoms with E-state index in [2.05, 4.69) is 17.2 Å². The Balaban J connectivity index is 2.59. The molecular weight excluding hydrogens is 238 g/mol. The summed E-state index contributed by atoms with van der Waals surface area (Å²) in [4.78, 5) is 16.3. The van der Waals surface area contributed by atoms with Gasteiger partial charge in [0, 0.05) is 17.3 Å². The number of anilines is 1. The van der Waals surface area contributed by atoms with Crippen LogP contribution in [0.15, 0.2) is 12.1 Å². The Kier molecular flexibility index (Phi) is 6.33. The molecule has 0 aliphatic carbocycles. The zero-order valence-electron chi connectivity index (χ0n) is 12.2. The van der Waals surface area contributed by atoms with E-state index >= 15 is 0 Å². The van der Waals surface area contributed by atoms with Crippen molar-refractivity contribution in [2.24, 2.45) is 0 Å². The number of nitrogens with two attached hydrogens (primary N) is 1. The van der Waals surface area contributed by atoms with Gasteiger partial charge in [0.1, 0.15) is 5.82 Å². The first-order chi connectivity index (χ1) is 9.06. The summed E-state index contributed by atoms with van der Waals surface area (Å²) in [7, 11) is 0. The Labute approximate surface area is 115 Å². The molecule has 0 saturated carbocycles. The highest BCUT2D eigenvalue weighted by Gasteiger charge is 2.11. The molecular formula is C15H25N3O. The third kappa shape index (κ3) is 5.28. The lowest BCUT2D eigenvalue weighted by Gasteiger charge is -2.14. The van der Waals surface area contributed by atoms with E-state index in [0.717, 1.165) is 25.0 Å². The second-order valence-corrected chi connectivity index (χ2v) is 5.00. The van der Waals surface area contributed by atoms with Gasteiger partial charge in [-0.3, -0.25) is 4.79 Å². The lowest BCUT2D eigenvalue weighted by molar-refractivity contribution is 0.0937. The molecule has 1 atom stereocenters. The molecule has 0 saturated heterocycles. The van der Waals surface area contributed by atoms with E-state index in [0.29, 0.717) is 11.4 Å². The van der Waals surface area contributed by atoms with Gasteiger partial charge >= 0.3 is 0 Å². The van der Waals surface area contributed by atoms with Crippen LogP contribution < -0.4 is 11.1 Å². The number of nitrogen functional groups attached to an aromatic ring is 1. The summed E-state index contributed by atoms with van der Waals surface area (Å²) in [6.45, 7) is 6.21. The number of nitrogens with one attached hydrogen (secondary N) is 1. The summed E-state index contributed by atoms with van der Waals surface area (Å²) in [6.07, 6.45) is 5.35. The van der Waals surface area contributed by atoms with E-state index in [4.69, 9.17) is 5.73 Å². The van der Waals surface area contributed by atoms with Crippen LogP contribution in [-0.2, 0) is 6.42 Å². The Morgan fingerprint density at radius 3 is 2.74 bits per heavy atom. The third-order valence-electron chi connectivity index (χ3n) is 3.14. The van der Waals surface area contributed by atoms with Gasteiger partial charge in [0.15, 0.2) is 0 Å². The number of nitrogens with zero attached hydrogens (tertiary/aromatic N) is 1. The van der Waals surface area contributed by atoms with E-state index in [1.807, 2.05) is 19.9 Å². The molecule has 1 aromatic rings. The van der Waals surface area contributed by atoms with Gasteiger partial charge in [-0.1, -0.05) is 33.1 Å². The van der Waals surface area contributed by atoms with Crippen molar-refractivity contribution in [1.29, 1.82) is 0 Å². The van der Waals surface area contributed by atoms with Gasteiger partial charge in [0.05, 0.1) is 0 Å². The number of aromatic nitrogens is 1. The number of rotatable bonds is 7. The van der Waals surface area contributed by atoms with E-state index in [1.165, 1.54) is 12.8 Å². The fourth-order valence-corrected chi connectivity index (χ4v) is 2.00. The molecule has 0 fully saturated rings. The molecule has 3 N–H and O–H groups in total. The molecule has 1 rings (SSSR count). The maximum atomic E-state index is 12.1. The highest BCUT2D eigenvalue weighted by atomic mass is 16.1. The molecule has 0 radical (unpaired) electrons. The van der Waals surface area contributed by atoms with Crippen LogP contribution in [0.3, 0.4) is 0 Å². The van der Waals surface area contributed by atoms with Crippen molar-refractivity contribution >= 4 is 11.7 Å². The zero-order chi connectivity index (χ0) is 14.3. The molecule has 1 aromatic heterocycles. The van der Waals surface area contributed by atoms with E-state index in [-0.39, 0.29) is 11.9 Å². The maximum absolute atomic E-state index is 12.1. The first-order valence-electron chi connectivity index (χ1n) is 7.14. The molecule has 1 heterocycles. The average Bonchev–Trinajstić information content (AvgIpc) is 2.38. The Morgan fingerprint density at radius 2 is 2.11 bits per heavy atom. The molecule has 0 aliphatic rings. The lowest BCUT2D eigenvalue weighted by Crippen LogP contribution is -2.32. The van der Waals surface area contributed by atoms with Gasteiger partial charge < -0.3 is 11.1 Å². The molecule has 0 bridgehead atoms. The van der Waals surface area contributed by atoms with Gasteiger partial charge in [-0.2, -0.15) is 0 Å². The van der Waals surface area contributed by atoms with Gasteiger partial charge in [0.2, 0.25) is 0 Å². The van der Waals surface area contributed by atoms with Crippen LogP contribution in [0.2, 0.25) is 0 Å². The molecule has 1 amide bonds. The van der Waals surface area contributed by atoms with E-state index < -0.39 is 0 Å². The largest absolute Gasteiger partial charge is 0.384 e. The second kappa shape index (κ2) is 7.77. The summed E-state index contributed by atoms with van der Waals surface area (Å²) < 4.78 is 0. The second-order valence-electron chi connectivity index (χ2n) is 5.00. The monoisotopic (exact) mass is 263 g/mol. The van der Waals surface area contributed by atoms with Crippen LogP contribution in [0.25, 0.3) is 0 Å². The summed E-state index contributed by atoms with van der Waals surface area (Å²) in [6, 6.07) is 3.64. The molecule has 4 nitrogen and oxygen atoms in total. The van der Waals surface area contributed by atoms with Crippen molar-refractivity contribution in [3.63, 3.8) is 0 Å². The smallest absolute Gasteiger partial charge is 0.251 e. The minimum atomic E-state index is -0.0622. The van der Waals surface area contributed by atoms with Crippen LogP contribution >= 0.6 is 0 Å². The molecule has 4 heteroatoms. The molecule has 19 heavy (non-hydrogen) atoms. The predicted molar refractivity (Wildman–Crippen MR) is 79.1 cm³/mol. The average molecular weight is 263 g/mol. The summed E-state index contributed by atoms with van der Waals surface area (Å²) in [5.41, 5.74) is 7.16. The summed E-state index contributed by atoms with van der Waals surface area (Å²) >= 11 is 0. The first kappa shape index (κ1) is 15.5. The summed E-state index contributed by atoms with van der Waals surface area (Å²) in [5, 5.41) is 3.01. The molecule has 106 valence electrons. The number of pyridine rings is 1. The standard InChI is InChI=1S/C15H25N3O/c1-4-6-7-8-11(3)17-15(19)12-9-13(5-2)18-14(16)10-12/h9-11H,4-8H2,1-3H3,(H2,16,18)(H,17,19). The minimum absolute atomic E-state index is 0.0622. The predicted octanol–water partition coefficient (Wildman–Crippen LogP) is 2.92. The molecule has 0 spiro atoms. The van der Waals surface area contributed by atoms with Gasteiger partial charge in [-0.15, -0.1) is 0 Å². The molecule has 1 unspecified atom stereocenters. The number of unbranched alkanes of at least 4 members (excludes halogenated alkanes) is 2. The topological polar surface area (TPSA) is 68.0 Å². The Morgan fingerprint density at radius 1 is 1.37 bits per heavy atom. The quantitative estimate of drug-likeness (QED) is 0.743. The van der Waals surface area contributed by atoms with Crippen LogP contribution in [0, 0.1) is 0 Å². The highest BCUT2D eigenvalue weighted by Crippen LogP contribution is 2.10. The van der Waals surface area contributed by atoms with Crippen molar-refractivity contribution in [3.8, 4) is 0 Å². The van der Waals surface area contributed by atoms with Crippen molar-refractivity contribution < 1.29 is 4.79 Å². The van der Waals surface area contributed by atoms with Gasteiger partial charge in [0.25, 0.3) is 5.91 Å². The SMILES string of the molecule is CCCCCC(C)NC(=O)c1cc(N)nc(CC)c1. The fourth-order valence-electron chi connectivity index (χ4n) is 2.00. The van der Waals surface area contributed by atoms with E-state index in [1.54, 1.807) is 6.07 Å². The maximum Gasteiger partial charge on any atom is 0.251 e. The number of hydrogen-bond donors (Lipinski definition) is 2. The van der Waals surface area contributed by atoms with Crippen molar-refractivity contribution in [1.82, 2.24) is 10.3 Å². The highest BCUT2D eigenvalue weighted by molar-refractivity contribution is 5.95. The first-order valence-corrected chi connectivity index (χ1v) is 7.14. The minimum Gasteiger partial charge on any atom is -0.384 e. The van der Waals surface area contributed by atoms with Gasteiger partial charge in [-0.05, 0) is 31.9 Å². The van der Waals surface area contributed by atoms with Gasteiger partial charge in [-0.25, -0.2) is 4.98 Å². The zero-order valence-corrected chi connectivity index (χ0v) is 12.2. The molecule has 0 aromatic carbocycles. The number of carbonyl (C=O) groups excluding carboxylic acids is 1. The Bertz CT molecular complexity index is 418. The fraction of sp³-hybridized carbons (Fsp3) is 0.600. The van der Waals surface area contributed by atoms with E-state index in [9.17, 15) is 4.79 Å². The van der Waals surface area contributed by atoms with Crippen LogP contribution in [-0.4, -0.2) is 16.9 Å². The van der Waals surface area contributed by atoms with Crippen molar-refractivity contribution in [2.45, 2.75) is 58.9 Å². The number of hydrogen-bond acceptors (Lipinski definition) is 3. The van der Waals surface area contributed by atoms with Crippen LogP contribution in [0.5, 0.6) is 0 Å². The van der Waals surface area contributed by atoms with Crippen molar-refractivity contribution in [3.05, 3.63) is 23.4 Å². The number of carbonyl (C=O) groups is 1. The summed E-state index contributed by atoms with van der Waals surface area (Å²) in [5.74, 6) is 0.343. The number of amides is 1. The number of aryl methyl sites for hydroxylation is 1. The Hall–Kier alpha value is -1.58. The van der Waals surface area contributed by atoms with Crippen LogP contribution in [0.1, 0.15) is 62.5 Å². The van der Waals surface area contributed by atoms with Crippen LogP contribution in [0.4, 0.5) is 5.82 Å². The normalized spacial score (nSPS) is 12.2. The van der Waals surface area contributed by atoms with Crippen molar-refractivity contribution in [2.75, 3.05) is 5.73 Å². The third-order valence-corrected chi connectivity index (χ3v) is 3.14. The lowest BCUT2D eigenvalue weighted by atomic mass is 10.1. The molecule has 0 aliphatic heterocycles.